The highest BCUT2D eigenvalue weighted by Crippen LogP contribution is 2.28. The third-order valence-electron chi connectivity index (χ3n) is 2.94. The summed E-state index contributed by atoms with van der Waals surface area (Å²) >= 11 is 6.00. The van der Waals surface area contributed by atoms with E-state index in [2.05, 4.69) is 11.0 Å². The molecule has 1 heterocycles. The Morgan fingerprint density at radius 2 is 2.38 bits per heavy atom. The Hall–Kier alpha value is -1.24. The van der Waals surface area contributed by atoms with Gasteiger partial charge in [0, 0.05) is 13.7 Å². The molecule has 1 aliphatic rings. The summed E-state index contributed by atoms with van der Waals surface area (Å²) in [6.07, 6.45) is 0.994. The van der Waals surface area contributed by atoms with Crippen LogP contribution in [0, 0.1) is 11.3 Å². The number of ether oxygens (including phenoxy) is 1. The Balaban J connectivity index is 2.32. The third kappa shape index (κ3) is 1.99. The minimum Gasteiger partial charge on any atom is -0.379 e. The van der Waals surface area contributed by atoms with Crippen LogP contribution in [0.15, 0.2) is 18.2 Å². The summed E-state index contributed by atoms with van der Waals surface area (Å²) < 4.78 is 5.35. The van der Waals surface area contributed by atoms with E-state index in [0.717, 1.165) is 18.7 Å². The molecule has 0 spiro atoms. The summed E-state index contributed by atoms with van der Waals surface area (Å²) in [5.74, 6) is 0. The summed E-state index contributed by atoms with van der Waals surface area (Å²) in [6, 6.07) is 8.02. The van der Waals surface area contributed by atoms with Gasteiger partial charge in [-0.25, -0.2) is 0 Å². The average molecular weight is 237 g/mol. The molecular formula is C12H13ClN2O. The molecule has 84 valence electrons. The fourth-order valence-corrected chi connectivity index (χ4v) is 2.15. The van der Waals surface area contributed by atoms with E-state index in [0.29, 0.717) is 23.2 Å². The van der Waals surface area contributed by atoms with E-state index in [9.17, 15) is 0 Å². The second-order valence-electron chi connectivity index (χ2n) is 3.87. The Labute approximate surface area is 100 Å². The van der Waals surface area contributed by atoms with Crippen LogP contribution in [-0.2, 0) is 4.74 Å². The van der Waals surface area contributed by atoms with Gasteiger partial charge in [0.05, 0.1) is 28.9 Å². The van der Waals surface area contributed by atoms with Crippen LogP contribution in [0.2, 0.25) is 5.02 Å². The van der Waals surface area contributed by atoms with Crippen molar-refractivity contribution in [3.05, 3.63) is 28.8 Å². The maximum Gasteiger partial charge on any atom is 0.103 e. The molecule has 0 aliphatic carbocycles. The van der Waals surface area contributed by atoms with E-state index in [4.69, 9.17) is 21.6 Å². The zero-order valence-electron chi connectivity index (χ0n) is 9.11. The molecule has 0 N–H and O–H groups in total. The van der Waals surface area contributed by atoms with Crippen molar-refractivity contribution in [3.63, 3.8) is 0 Å². The van der Waals surface area contributed by atoms with Crippen LogP contribution in [0.5, 0.6) is 0 Å². The average Bonchev–Trinajstić information content (AvgIpc) is 2.81. The lowest BCUT2D eigenvalue weighted by molar-refractivity contribution is 0.193. The zero-order chi connectivity index (χ0) is 11.5. The van der Waals surface area contributed by atoms with Gasteiger partial charge in [0.25, 0.3) is 0 Å². The van der Waals surface area contributed by atoms with Crippen LogP contribution in [-0.4, -0.2) is 26.3 Å². The number of halogens is 1. The fraction of sp³-hybridized carbons (Fsp3) is 0.417. The molecule has 1 aromatic rings. The van der Waals surface area contributed by atoms with Crippen LogP contribution in [0.3, 0.4) is 0 Å². The van der Waals surface area contributed by atoms with Crippen LogP contribution < -0.4 is 4.90 Å². The van der Waals surface area contributed by atoms with Crippen LogP contribution in [0.25, 0.3) is 0 Å². The number of rotatable bonds is 2. The van der Waals surface area contributed by atoms with E-state index in [1.807, 2.05) is 19.2 Å². The van der Waals surface area contributed by atoms with Crippen molar-refractivity contribution in [1.82, 2.24) is 0 Å². The quantitative estimate of drug-likeness (QED) is 0.791. The topological polar surface area (TPSA) is 36.3 Å². The first-order chi connectivity index (χ1) is 7.74. The molecule has 4 heteroatoms. The number of nitriles is 1. The lowest BCUT2D eigenvalue weighted by atomic mass is 10.1. The minimum atomic E-state index is 0.338. The predicted octanol–water partition coefficient (Wildman–Crippen LogP) is 2.44. The first-order valence-corrected chi connectivity index (χ1v) is 5.61. The SMILES string of the molecule is CN(c1cccc(Cl)c1C#N)C1CCOC1. The molecule has 1 aliphatic heterocycles. The Morgan fingerprint density at radius 3 is 3.00 bits per heavy atom. The van der Waals surface area contributed by atoms with Crippen LogP contribution in [0.1, 0.15) is 12.0 Å². The molecule has 1 aromatic carbocycles. The van der Waals surface area contributed by atoms with E-state index < -0.39 is 0 Å². The molecule has 1 unspecified atom stereocenters. The van der Waals surface area contributed by atoms with E-state index in [-0.39, 0.29) is 0 Å². The number of anilines is 1. The molecule has 1 atom stereocenters. The van der Waals surface area contributed by atoms with Gasteiger partial charge in [-0.15, -0.1) is 0 Å². The standard InChI is InChI=1S/C12H13ClN2O/c1-15(9-5-6-16-8-9)12-4-2-3-11(13)10(12)7-14/h2-4,9H,5-6,8H2,1H3. The van der Waals surface area contributed by atoms with E-state index in [1.54, 1.807) is 6.07 Å². The molecule has 1 fully saturated rings. The highest BCUT2D eigenvalue weighted by Gasteiger charge is 2.22. The second kappa shape index (κ2) is 4.73. The molecule has 0 bridgehead atoms. The molecule has 0 radical (unpaired) electrons. The van der Waals surface area contributed by atoms with E-state index in [1.165, 1.54) is 0 Å². The maximum absolute atomic E-state index is 9.10. The van der Waals surface area contributed by atoms with Crippen molar-refractivity contribution in [2.45, 2.75) is 12.5 Å². The number of hydrogen-bond acceptors (Lipinski definition) is 3. The van der Waals surface area contributed by atoms with Crippen molar-refractivity contribution >= 4 is 17.3 Å². The van der Waals surface area contributed by atoms with Gasteiger partial charge in [0.15, 0.2) is 0 Å². The Morgan fingerprint density at radius 1 is 1.56 bits per heavy atom. The van der Waals surface area contributed by atoms with Gasteiger partial charge in [-0.1, -0.05) is 17.7 Å². The van der Waals surface area contributed by atoms with Gasteiger partial charge in [-0.2, -0.15) is 5.26 Å². The molecule has 1 saturated heterocycles. The van der Waals surface area contributed by atoms with Gasteiger partial charge in [0.1, 0.15) is 6.07 Å². The predicted molar refractivity (Wildman–Crippen MR) is 63.8 cm³/mol. The Kier molecular flexibility index (Phi) is 3.33. The third-order valence-corrected chi connectivity index (χ3v) is 3.25. The van der Waals surface area contributed by atoms with Gasteiger partial charge in [-0.05, 0) is 18.6 Å². The second-order valence-corrected chi connectivity index (χ2v) is 4.28. The van der Waals surface area contributed by atoms with Crippen molar-refractivity contribution in [2.75, 3.05) is 25.2 Å². The van der Waals surface area contributed by atoms with Crippen molar-refractivity contribution in [1.29, 1.82) is 5.26 Å². The van der Waals surface area contributed by atoms with Crippen LogP contribution in [0.4, 0.5) is 5.69 Å². The zero-order valence-corrected chi connectivity index (χ0v) is 9.87. The summed E-state index contributed by atoms with van der Waals surface area (Å²) in [5, 5.41) is 9.60. The van der Waals surface area contributed by atoms with E-state index >= 15 is 0 Å². The smallest absolute Gasteiger partial charge is 0.103 e. The highest BCUT2D eigenvalue weighted by molar-refractivity contribution is 6.32. The summed E-state index contributed by atoms with van der Waals surface area (Å²) in [4.78, 5) is 2.08. The van der Waals surface area contributed by atoms with Crippen LogP contribution >= 0.6 is 11.6 Å². The number of hydrogen-bond donors (Lipinski definition) is 0. The molecule has 0 aromatic heterocycles. The number of nitrogens with zero attached hydrogens (tertiary/aromatic N) is 2. The molecule has 16 heavy (non-hydrogen) atoms. The fourth-order valence-electron chi connectivity index (χ4n) is 1.94. The lowest BCUT2D eigenvalue weighted by Gasteiger charge is -2.26. The first-order valence-electron chi connectivity index (χ1n) is 5.23. The normalized spacial score (nSPS) is 19.4. The van der Waals surface area contributed by atoms with Gasteiger partial charge in [-0.3, -0.25) is 0 Å². The molecule has 3 nitrogen and oxygen atoms in total. The number of benzene rings is 1. The van der Waals surface area contributed by atoms with Gasteiger partial charge < -0.3 is 9.64 Å². The van der Waals surface area contributed by atoms with Crippen molar-refractivity contribution < 1.29 is 4.74 Å². The Bertz CT molecular complexity index is 422. The summed E-state index contributed by atoms with van der Waals surface area (Å²) in [5.41, 5.74) is 1.42. The molecular weight excluding hydrogens is 224 g/mol. The number of likely N-dealkylation sites (N-methyl/N-ethyl adjacent to an activating group) is 1. The largest absolute Gasteiger partial charge is 0.379 e. The minimum absolute atomic E-state index is 0.338. The van der Waals surface area contributed by atoms with Gasteiger partial charge >= 0.3 is 0 Å². The first kappa shape index (κ1) is 11.3. The summed E-state index contributed by atoms with van der Waals surface area (Å²) in [6.45, 7) is 1.51. The highest BCUT2D eigenvalue weighted by atomic mass is 35.5. The maximum atomic E-state index is 9.10. The van der Waals surface area contributed by atoms with Gasteiger partial charge in [0.2, 0.25) is 0 Å². The summed E-state index contributed by atoms with van der Waals surface area (Å²) in [7, 11) is 1.98. The monoisotopic (exact) mass is 236 g/mol. The molecule has 0 saturated carbocycles. The van der Waals surface area contributed by atoms with Crippen molar-refractivity contribution in [2.24, 2.45) is 0 Å². The molecule has 2 rings (SSSR count). The molecule has 0 amide bonds. The van der Waals surface area contributed by atoms with Crippen molar-refractivity contribution in [3.8, 4) is 6.07 Å². The lowest BCUT2D eigenvalue weighted by Crippen LogP contribution is -2.32.